The number of rotatable bonds is 5. The van der Waals surface area contributed by atoms with Crippen LogP contribution < -0.4 is 14.8 Å². The number of amides is 1. The smallest absolute Gasteiger partial charge is 0.255 e. The lowest BCUT2D eigenvalue weighted by Crippen LogP contribution is -2.12. The van der Waals surface area contributed by atoms with Crippen molar-refractivity contribution in [3.63, 3.8) is 0 Å². The zero-order chi connectivity index (χ0) is 18.7. The standard InChI is InChI=1S/C20H20N2O4/c1-12-19(13(2)26-22-12)14-5-8-16(9-6-14)21-20(23)15-7-10-17(24-3)18(11-15)25-4/h5-11H,1-4H3,(H,21,23). The average molecular weight is 352 g/mol. The van der Waals surface area contributed by atoms with E-state index in [0.717, 1.165) is 22.6 Å². The second-order valence-corrected chi connectivity index (χ2v) is 5.80. The molecule has 6 heteroatoms. The number of nitrogens with one attached hydrogen (secondary N) is 1. The summed E-state index contributed by atoms with van der Waals surface area (Å²) in [7, 11) is 3.09. The minimum atomic E-state index is -0.226. The van der Waals surface area contributed by atoms with Gasteiger partial charge in [-0.2, -0.15) is 0 Å². The summed E-state index contributed by atoms with van der Waals surface area (Å²) < 4.78 is 15.6. The second kappa shape index (κ2) is 7.31. The van der Waals surface area contributed by atoms with Gasteiger partial charge in [0.2, 0.25) is 0 Å². The third kappa shape index (κ3) is 3.39. The number of aryl methyl sites for hydroxylation is 2. The molecule has 1 N–H and O–H groups in total. The lowest BCUT2D eigenvalue weighted by atomic mass is 10.0. The zero-order valence-corrected chi connectivity index (χ0v) is 15.1. The summed E-state index contributed by atoms with van der Waals surface area (Å²) in [6.45, 7) is 3.78. The Morgan fingerprint density at radius 2 is 1.69 bits per heavy atom. The summed E-state index contributed by atoms with van der Waals surface area (Å²) in [5, 5.41) is 6.84. The van der Waals surface area contributed by atoms with Crippen molar-refractivity contribution in [2.24, 2.45) is 0 Å². The molecule has 0 atom stereocenters. The Kier molecular flexibility index (Phi) is 4.93. The monoisotopic (exact) mass is 352 g/mol. The van der Waals surface area contributed by atoms with E-state index in [4.69, 9.17) is 14.0 Å². The first kappa shape index (κ1) is 17.5. The highest BCUT2D eigenvalue weighted by Crippen LogP contribution is 2.29. The fourth-order valence-corrected chi connectivity index (χ4v) is 2.80. The molecular weight excluding hydrogens is 332 g/mol. The Balaban J connectivity index is 1.78. The third-order valence-electron chi connectivity index (χ3n) is 4.11. The van der Waals surface area contributed by atoms with Gasteiger partial charge in [-0.1, -0.05) is 17.3 Å². The van der Waals surface area contributed by atoms with Crippen molar-refractivity contribution < 1.29 is 18.8 Å². The van der Waals surface area contributed by atoms with Crippen LogP contribution >= 0.6 is 0 Å². The Morgan fingerprint density at radius 1 is 1.00 bits per heavy atom. The molecule has 3 aromatic rings. The maximum Gasteiger partial charge on any atom is 0.255 e. The van der Waals surface area contributed by atoms with E-state index in [9.17, 15) is 4.79 Å². The van der Waals surface area contributed by atoms with Gasteiger partial charge in [-0.3, -0.25) is 4.79 Å². The minimum absolute atomic E-state index is 0.226. The van der Waals surface area contributed by atoms with E-state index in [1.165, 1.54) is 7.11 Å². The quantitative estimate of drug-likeness (QED) is 0.744. The van der Waals surface area contributed by atoms with E-state index in [2.05, 4.69) is 10.5 Å². The van der Waals surface area contributed by atoms with Crippen LogP contribution in [0.1, 0.15) is 21.8 Å². The van der Waals surface area contributed by atoms with Crippen LogP contribution in [0.25, 0.3) is 11.1 Å². The maximum absolute atomic E-state index is 12.5. The Morgan fingerprint density at radius 3 is 2.27 bits per heavy atom. The molecule has 0 saturated heterocycles. The zero-order valence-electron chi connectivity index (χ0n) is 15.1. The predicted octanol–water partition coefficient (Wildman–Crippen LogP) is 4.23. The van der Waals surface area contributed by atoms with Crippen molar-refractivity contribution in [1.82, 2.24) is 5.16 Å². The lowest BCUT2D eigenvalue weighted by molar-refractivity contribution is 0.102. The first-order valence-electron chi connectivity index (χ1n) is 8.10. The van der Waals surface area contributed by atoms with Gasteiger partial charge in [-0.25, -0.2) is 0 Å². The van der Waals surface area contributed by atoms with E-state index < -0.39 is 0 Å². The maximum atomic E-state index is 12.5. The van der Waals surface area contributed by atoms with Crippen molar-refractivity contribution in [2.75, 3.05) is 19.5 Å². The number of ether oxygens (including phenoxy) is 2. The van der Waals surface area contributed by atoms with Gasteiger partial charge >= 0.3 is 0 Å². The van der Waals surface area contributed by atoms with E-state index in [-0.39, 0.29) is 5.91 Å². The van der Waals surface area contributed by atoms with Gasteiger partial charge in [0, 0.05) is 16.8 Å². The van der Waals surface area contributed by atoms with Crippen molar-refractivity contribution in [3.8, 4) is 22.6 Å². The first-order chi connectivity index (χ1) is 12.5. The number of hydrogen-bond acceptors (Lipinski definition) is 5. The van der Waals surface area contributed by atoms with Gasteiger partial charge in [-0.05, 0) is 49.7 Å². The summed E-state index contributed by atoms with van der Waals surface area (Å²) in [5.41, 5.74) is 3.98. The highest BCUT2D eigenvalue weighted by molar-refractivity contribution is 6.04. The van der Waals surface area contributed by atoms with Gasteiger partial charge < -0.3 is 19.3 Å². The van der Waals surface area contributed by atoms with E-state index >= 15 is 0 Å². The number of aromatic nitrogens is 1. The normalized spacial score (nSPS) is 10.5. The molecule has 26 heavy (non-hydrogen) atoms. The molecule has 1 aromatic heterocycles. The molecule has 0 bridgehead atoms. The summed E-state index contributed by atoms with van der Waals surface area (Å²) >= 11 is 0. The molecule has 1 amide bonds. The molecule has 1 heterocycles. The fraction of sp³-hybridized carbons (Fsp3) is 0.200. The molecule has 2 aromatic carbocycles. The van der Waals surface area contributed by atoms with Crippen LogP contribution in [-0.2, 0) is 0 Å². The first-order valence-corrected chi connectivity index (χ1v) is 8.10. The van der Waals surface area contributed by atoms with Gasteiger partial charge in [0.05, 0.1) is 19.9 Å². The number of anilines is 1. The van der Waals surface area contributed by atoms with Crippen LogP contribution in [0.15, 0.2) is 47.0 Å². The van der Waals surface area contributed by atoms with Gasteiger partial charge in [0.1, 0.15) is 5.76 Å². The Hall–Kier alpha value is -3.28. The molecule has 0 unspecified atom stereocenters. The molecule has 0 fully saturated rings. The molecule has 0 spiro atoms. The van der Waals surface area contributed by atoms with E-state index in [1.54, 1.807) is 25.3 Å². The SMILES string of the molecule is COc1ccc(C(=O)Nc2ccc(-c3c(C)noc3C)cc2)cc1OC. The van der Waals surface area contributed by atoms with Crippen LogP contribution in [0, 0.1) is 13.8 Å². The fourth-order valence-electron chi connectivity index (χ4n) is 2.80. The number of methoxy groups -OCH3 is 2. The number of carbonyl (C=O) groups excluding carboxylic acids is 1. The molecule has 0 saturated carbocycles. The van der Waals surface area contributed by atoms with Crippen LogP contribution in [0.3, 0.4) is 0 Å². The molecule has 3 rings (SSSR count). The topological polar surface area (TPSA) is 73.6 Å². The van der Waals surface area contributed by atoms with Crippen molar-refractivity contribution >= 4 is 11.6 Å². The highest BCUT2D eigenvalue weighted by Gasteiger charge is 2.13. The highest BCUT2D eigenvalue weighted by atomic mass is 16.5. The summed E-state index contributed by atoms with van der Waals surface area (Å²) in [6, 6.07) is 12.6. The molecule has 0 aliphatic carbocycles. The van der Waals surface area contributed by atoms with Crippen molar-refractivity contribution in [3.05, 3.63) is 59.5 Å². The van der Waals surface area contributed by atoms with E-state index in [1.807, 2.05) is 38.1 Å². The Labute approximate surface area is 151 Å². The van der Waals surface area contributed by atoms with Gasteiger partial charge in [-0.15, -0.1) is 0 Å². The van der Waals surface area contributed by atoms with Crippen LogP contribution in [0.4, 0.5) is 5.69 Å². The number of nitrogens with zero attached hydrogens (tertiary/aromatic N) is 1. The molecule has 0 aliphatic heterocycles. The minimum Gasteiger partial charge on any atom is -0.493 e. The summed E-state index contributed by atoms with van der Waals surface area (Å²) in [6.07, 6.45) is 0. The van der Waals surface area contributed by atoms with Gasteiger partial charge in [0.25, 0.3) is 5.91 Å². The molecule has 0 radical (unpaired) electrons. The predicted molar refractivity (Wildman–Crippen MR) is 98.9 cm³/mol. The number of benzene rings is 2. The van der Waals surface area contributed by atoms with Gasteiger partial charge in [0.15, 0.2) is 11.5 Å². The molecule has 134 valence electrons. The molecule has 6 nitrogen and oxygen atoms in total. The Bertz CT molecular complexity index is 910. The number of hydrogen-bond donors (Lipinski definition) is 1. The summed E-state index contributed by atoms with van der Waals surface area (Å²) in [5.74, 6) is 1.63. The van der Waals surface area contributed by atoms with Crippen LogP contribution in [0.5, 0.6) is 11.5 Å². The number of carbonyl (C=O) groups is 1. The van der Waals surface area contributed by atoms with Crippen molar-refractivity contribution in [2.45, 2.75) is 13.8 Å². The molecule has 0 aliphatic rings. The lowest BCUT2D eigenvalue weighted by Gasteiger charge is -2.10. The second-order valence-electron chi connectivity index (χ2n) is 5.80. The van der Waals surface area contributed by atoms with Crippen molar-refractivity contribution in [1.29, 1.82) is 0 Å². The van der Waals surface area contributed by atoms with Crippen LogP contribution in [0.2, 0.25) is 0 Å². The van der Waals surface area contributed by atoms with E-state index in [0.29, 0.717) is 22.7 Å². The third-order valence-corrected chi connectivity index (χ3v) is 4.11. The summed E-state index contributed by atoms with van der Waals surface area (Å²) in [4.78, 5) is 12.5. The largest absolute Gasteiger partial charge is 0.493 e. The van der Waals surface area contributed by atoms with Crippen LogP contribution in [-0.4, -0.2) is 25.3 Å². The molecular formula is C20H20N2O4. The average Bonchev–Trinajstić information content (AvgIpc) is 3.00.